The fourth-order valence-corrected chi connectivity index (χ4v) is 1.50. The van der Waals surface area contributed by atoms with Crippen molar-refractivity contribution in [2.75, 3.05) is 0 Å². The Hall–Kier alpha value is -2.39. The van der Waals surface area contributed by atoms with Gasteiger partial charge in [0.25, 0.3) is 6.43 Å². The third-order valence-corrected chi connectivity index (χ3v) is 2.47. The summed E-state index contributed by atoms with van der Waals surface area (Å²) >= 11 is 0. The van der Waals surface area contributed by atoms with Crippen molar-refractivity contribution in [2.45, 2.75) is 32.7 Å². The van der Waals surface area contributed by atoms with Crippen LogP contribution in [0.25, 0.3) is 0 Å². The normalized spacial score (nSPS) is 11.5. The van der Waals surface area contributed by atoms with Crippen LogP contribution in [0.4, 0.5) is 8.78 Å². The molecule has 20 heavy (non-hydrogen) atoms. The molecule has 10 heteroatoms. The highest BCUT2D eigenvalue weighted by molar-refractivity contribution is 5.86. The minimum Gasteiger partial charge on any atom is -0.476 e. The van der Waals surface area contributed by atoms with Crippen LogP contribution in [0.15, 0.2) is 4.52 Å². The highest BCUT2D eigenvalue weighted by Crippen LogP contribution is 2.22. The first-order valence-corrected chi connectivity index (χ1v) is 5.67. The maximum Gasteiger partial charge on any atom is 0.358 e. The summed E-state index contributed by atoms with van der Waals surface area (Å²) < 4.78 is 31.4. The minimum absolute atomic E-state index is 0.0207. The summed E-state index contributed by atoms with van der Waals surface area (Å²) in [5, 5.41) is 19.1. The van der Waals surface area contributed by atoms with Gasteiger partial charge in [-0.25, -0.2) is 18.3 Å². The topological polar surface area (TPSA) is 107 Å². The molecule has 0 amide bonds. The predicted molar refractivity (Wildman–Crippen MR) is 59.4 cm³/mol. The minimum atomic E-state index is -3.02. The molecule has 2 aromatic heterocycles. The molecular weight excluding hydrogens is 276 g/mol. The van der Waals surface area contributed by atoms with Gasteiger partial charge in [-0.3, -0.25) is 0 Å². The van der Waals surface area contributed by atoms with Crippen LogP contribution in [0, 0.1) is 0 Å². The van der Waals surface area contributed by atoms with E-state index in [0.717, 1.165) is 4.68 Å². The molecule has 0 aliphatic heterocycles. The number of halogens is 2. The van der Waals surface area contributed by atoms with Gasteiger partial charge in [0.05, 0.1) is 0 Å². The van der Waals surface area contributed by atoms with Crippen molar-refractivity contribution in [3.63, 3.8) is 0 Å². The van der Waals surface area contributed by atoms with Crippen LogP contribution in [-0.2, 0) is 6.54 Å². The van der Waals surface area contributed by atoms with Crippen LogP contribution in [0.1, 0.15) is 54.1 Å². The highest BCUT2D eigenvalue weighted by Gasteiger charge is 2.27. The highest BCUT2D eigenvalue weighted by atomic mass is 19.3. The number of carboxylic acid groups (broad SMARTS) is 1. The Morgan fingerprint density at radius 2 is 2.15 bits per heavy atom. The number of carbonyl (C=O) groups is 1. The second-order valence-electron chi connectivity index (χ2n) is 4.29. The SMILES string of the molecule is CC(C)c1noc(Cn2nnc(C(=O)O)c2C(F)F)n1. The van der Waals surface area contributed by atoms with Crippen molar-refractivity contribution in [1.82, 2.24) is 25.1 Å². The molecule has 0 spiro atoms. The van der Waals surface area contributed by atoms with E-state index in [1.54, 1.807) is 0 Å². The molecule has 2 heterocycles. The Labute approximate surface area is 111 Å². The molecule has 0 radical (unpaired) electrons. The second kappa shape index (κ2) is 5.31. The van der Waals surface area contributed by atoms with Crippen molar-refractivity contribution >= 4 is 5.97 Å². The molecule has 0 aliphatic carbocycles. The van der Waals surface area contributed by atoms with Gasteiger partial charge >= 0.3 is 5.97 Å². The number of aromatic carboxylic acids is 1. The van der Waals surface area contributed by atoms with Crippen LogP contribution >= 0.6 is 0 Å². The number of rotatable bonds is 5. The summed E-state index contributed by atoms with van der Waals surface area (Å²) in [5.74, 6) is -1.07. The summed E-state index contributed by atoms with van der Waals surface area (Å²) in [5.41, 5.74) is -1.58. The fourth-order valence-electron chi connectivity index (χ4n) is 1.50. The van der Waals surface area contributed by atoms with Gasteiger partial charge in [-0.1, -0.05) is 24.2 Å². The number of hydrogen-bond donors (Lipinski definition) is 1. The third kappa shape index (κ3) is 2.63. The quantitative estimate of drug-likeness (QED) is 0.887. The van der Waals surface area contributed by atoms with Crippen molar-refractivity contribution in [3.8, 4) is 0 Å². The average molecular weight is 287 g/mol. The average Bonchev–Trinajstić information content (AvgIpc) is 2.95. The zero-order valence-electron chi connectivity index (χ0n) is 10.6. The number of carboxylic acids is 1. The Morgan fingerprint density at radius 1 is 1.45 bits per heavy atom. The van der Waals surface area contributed by atoms with Gasteiger partial charge in [-0.2, -0.15) is 4.98 Å². The number of alkyl halides is 2. The van der Waals surface area contributed by atoms with Gasteiger partial charge in [0.15, 0.2) is 11.5 Å². The van der Waals surface area contributed by atoms with E-state index in [0.29, 0.717) is 5.82 Å². The van der Waals surface area contributed by atoms with Crippen LogP contribution < -0.4 is 0 Å². The van der Waals surface area contributed by atoms with Crippen LogP contribution in [0.3, 0.4) is 0 Å². The molecule has 108 valence electrons. The standard InChI is InChI=1S/C10H11F2N5O3/c1-4(2)9-13-5(20-15-9)3-17-7(8(11)12)6(10(18)19)14-16-17/h4,8H,3H2,1-2H3,(H,18,19). The van der Waals surface area contributed by atoms with Gasteiger partial charge in [-0.15, -0.1) is 5.10 Å². The predicted octanol–water partition coefficient (Wildman–Crippen LogP) is 1.47. The molecule has 0 aliphatic rings. The first-order valence-electron chi connectivity index (χ1n) is 5.67. The summed E-state index contributed by atoms with van der Waals surface area (Å²) in [6.45, 7) is 3.42. The van der Waals surface area contributed by atoms with E-state index in [-0.39, 0.29) is 18.4 Å². The monoisotopic (exact) mass is 287 g/mol. The lowest BCUT2D eigenvalue weighted by Gasteiger charge is -2.02. The lowest BCUT2D eigenvalue weighted by molar-refractivity contribution is 0.0675. The van der Waals surface area contributed by atoms with E-state index in [9.17, 15) is 13.6 Å². The largest absolute Gasteiger partial charge is 0.476 e. The van der Waals surface area contributed by atoms with E-state index >= 15 is 0 Å². The van der Waals surface area contributed by atoms with Gasteiger partial charge < -0.3 is 9.63 Å². The van der Waals surface area contributed by atoms with Crippen LogP contribution in [-0.4, -0.2) is 36.2 Å². The van der Waals surface area contributed by atoms with Crippen LogP contribution in [0.2, 0.25) is 0 Å². The zero-order chi connectivity index (χ0) is 14.9. The number of hydrogen-bond acceptors (Lipinski definition) is 6. The molecule has 8 nitrogen and oxygen atoms in total. The summed E-state index contributed by atoms with van der Waals surface area (Å²) in [4.78, 5) is 14.8. The van der Waals surface area contributed by atoms with Crippen molar-refractivity contribution in [1.29, 1.82) is 0 Å². The summed E-state index contributed by atoms with van der Waals surface area (Å²) in [7, 11) is 0. The maximum absolute atomic E-state index is 12.9. The van der Waals surface area contributed by atoms with Gasteiger partial charge in [0, 0.05) is 5.92 Å². The molecule has 0 unspecified atom stereocenters. The maximum atomic E-state index is 12.9. The van der Waals surface area contributed by atoms with Crippen LogP contribution in [0.5, 0.6) is 0 Å². The Balaban J connectivity index is 2.31. The Morgan fingerprint density at radius 3 is 2.65 bits per heavy atom. The second-order valence-corrected chi connectivity index (χ2v) is 4.29. The summed E-state index contributed by atoms with van der Waals surface area (Å²) in [6, 6.07) is 0. The molecule has 0 saturated carbocycles. The Kier molecular flexibility index (Phi) is 3.72. The van der Waals surface area contributed by atoms with Crippen molar-refractivity contribution < 1.29 is 23.2 Å². The lowest BCUT2D eigenvalue weighted by atomic mass is 10.2. The molecule has 0 aromatic carbocycles. The molecule has 0 fully saturated rings. The first kappa shape index (κ1) is 14.0. The smallest absolute Gasteiger partial charge is 0.358 e. The molecular formula is C10H11F2N5O3. The van der Waals surface area contributed by atoms with Gasteiger partial charge in [0.1, 0.15) is 12.2 Å². The van der Waals surface area contributed by atoms with Gasteiger partial charge in [0.2, 0.25) is 5.89 Å². The number of aromatic nitrogens is 5. The van der Waals surface area contributed by atoms with E-state index in [1.807, 2.05) is 13.8 Å². The van der Waals surface area contributed by atoms with E-state index in [2.05, 4.69) is 20.5 Å². The van der Waals surface area contributed by atoms with E-state index in [1.165, 1.54) is 0 Å². The fraction of sp³-hybridized carbons (Fsp3) is 0.500. The Bertz CT molecular complexity index is 622. The van der Waals surface area contributed by atoms with Crippen molar-refractivity contribution in [3.05, 3.63) is 23.1 Å². The molecule has 0 bridgehead atoms. The first-order chi connectivity index (χ1) is 9.40. The van der Waals surface area contributed by atoms with E-state index < -0.39 is 23.8 Å². The van der Waals surface area contributed by atoms with Crippen molar-refractivity contribution in [2.24, 2.45) is 0 Å². The molecule has 1 N–H and O–H groups in total. The van der Waals surface area contributed by atoms with E-state index in [4.69, 9.17) is 9.63 Å². The molecule has 0 atom stereocenters. The molecule has 0 saturated heterocycles. The zero-order valence-corrected chi connectivity index (χ0v) is 10.6. The number of nitrogens with zero attached hydrogens (tertiary/aromatic N) is 5. The molecule has 2 aromatic rings. The van der Waals surface area contributed by atoms with Gasteiger partial charge in [-0.05, 0) is 0 Å². The summed E-state index contributed by atoms with van der Waals surface area (Å²) in [6.07, 6.45) is -3.02. The lowest BCUT2D eigenvalue weighted by Crippen LogP contribution is -2.10. The third-order valence-electron chi connectivity index (χ3n) is 2.47. The molecule has 2 rings (SSSR count).